The molecule has 0 fully saturated rings. The van der Waals surface area contributed by atoms with Gasteiger partial charge in [-0.15, -0.1) is 0 Å². The summed E-state index contributed by atoms with van der Waals surface area (Å²) in [5.41, 5.74) is 0.773. The second kappa shape index (κ2) is 7.87. The number of ether oxygens (including phenoxy) is 2. The van der Waals surface area contributed by atoms with Gasteiger partial charge in [-0.1, -0.05) is 24.3 Å². The van der Waals surface area contributed by atoms with Gasteiger partial charge in [0.15, 0.2) is 5.58 Å². The molecule has 2 heterocycles. The molecule has 0 bridgehead atoms. The number of aromatic nitrogens is 1. The fourth-order valence-corrected chi connectivity index (χ4v) is 3.53. The summed E-state index contributed by atoms with van der Waals surface area (Å²) in [5.74, 6) is -0.139. The molecule has 0 aliphatic rings. The van der Waals surface area contributed by atoms with Crippen LogP contribution in [0.1, 0.15) is 24.2 Å². The van der Waals surface area contributed by atoms with E-state index in [1.807, 2.05) is 13.0 Å². The summed E-state index contributed by atoms with van der Waals surface area (Å²) in [4.78, 5) is 28.7. The van der Waals surface area contributed by atoms with E-state index in [0.29, 0.717) is 28.8 Å². The van der Waals surface area contributed by atoms with Crippen LogP contribution in [0.3, 0.4) is 0 Å². The van der Waals surface area contributed by atoms with Gasteiger partial charge >= 0.3 is 5.97 Å². The molecule has 7 heteroatoms. The molecule has 30 heavy (non-hydrogen) atoms. The number of para-hydroxylation sites is 1. The van der Waals surface area contributed by atoms with Gasteiger partial charge in [-0.25, -0.2) is 4.79 Å². The molecule has 0 atom stereocenters. The molecule has 2 aromatic heterocycles. The van der Waals surface area contributed by atoms with Gasteiger partial charge in [0.25, 0.3) is 5.56 Å². The van der Waals surface area contributed by atoms with E-state index in [2.05, 4.69) is 4.98 Å². The predicted octanol–water partition coefficient (Wildman–Crippen LogP) is 4.00. The summed E-state index contributed by atoms with van der Waals surface area (Å²) in [6.45, 7) is 4.14. The van der Waals surface area contributed by atoms with Crippen molar-refractivity contribution in [3.63, 3.8) is 0 Å². The number of hydrogen-bond donors (Lipinski definition) is 2. The average molecular weight is 404 g/mol. The lowest BCUT2D eigenvalue weighted by molar-refractivity contribution is 0.0522. The van der Waals surface area contributed by atoms with Crippen LogP contribution >= 0.6 is 0 Å². The maximum atomic E-state index is 13.1. The summed E-state index contributed by atoms with van der Waals surface area (Å²) < 4.78 is 16.5. The van der Waals surface area contributed by atoms with Gasteiger partial charge in [-0.2, -0.15) is 0 Å². The van der Waals surface area contributed by atoms with Crippen LogP contribution in [-0.2, 0) is 4.74 Å². The number of esters is 1. The van der Waals surface area contributed by atoms with Crippen LogP contribution in [0.5, 0.6) is 5.75 Å². The van der Waals surface area contributed by atoms with Crippen molar-refractivity contribution in [1.29, 1.82) is 5.41 Å². The smallest absolute Gasteiger partial charge is 0.344 e. The quantitative estimate of drug-likeness (QED) is 0.386. The SMILES string of the molecule is CCOC(=O)c1c(-c2cccc(OCC)c2)c2c(=O)[nH]c3ccccc3c2oc1=N. The molecular formula is C23H20N2O5. The van der Waals surface area contributed by atoms with Crippen molar-refractivity contribution in [2.45, 2.75) is 13.8 Å². The van der Waals surface area contributed by atoms with Crippen molar-refractivity contribution in [2.75, 3.05) is 13.2 Å². The first-order valence-electron chi connectivity index (χ1n) is 9.62. The van der Waals surface area contributed by atoms with Crippen molar-refractivity contribution in [1.82, 2.24) is 4.98 Å². The fourth-order valence-electron chi connectivity index (χ4n) is 3.53. The first-order chi connectivity index (χ1) is 14.5. The highest BCUT2D eigenvalue weighted by atomic mass is 16.5. The Bertz CT molecular complexity index is 1380. The summed E-state index contributed by atoms with van der Waals surface area (Å²) in [6.07, 6.45) is 0. The lowest BCUT2D eigenvalue weighted by Gasteiger charge is -2.14. The van der Waals surface area contributed by atoms with E-state index in [1.54, 1.807) is 49.4 Å². The lowest BCUT2D eigenvalue weighted by atomic mass is 9.96. The van der Waals surface area contributed by atoms with Crippen LogP contribution in [-0.4, -0.2) is 24.2 Å². The summed E-state index contributed by atoms with van der Waals surface area (Å²) in [5, 5.41) is 9.24. The number of carbonyl (C=O) groups excluding carboxylic acids is 1. The van der Waals surface area contributed by atoms with Crippen LogP contribution < -0.4 is 15.9 Å². The minimum Gasteiger partial charge on any atom is -0.494 e. The van der Waals surface area contributed by atoms with E-state index in [-0.39, 0.29) is 34.3 Å². The first-order valence-corrected chi connectivity index (χ1v) is 9.62. The molecule has 2 N–H and O–H groups in total. The van der Waals surface area contributed by atoms with Gasteiger partial charge in [0.2, 0.25) is 5.55 Å². The third-order valence-corrected chi connectivity index (χ3v) is 4.72. The van der Waals surface area contributed by atoms with Crippen LogP contribution in [0, 0.1) is 5.41 Å². The van der Waals surface area contributed by atoms with Crippen molar-refractivity contribution in [3.05, 3.63) is 70.0 Å². The molecule has 0 spiro atoms. The third-order valence-electron chi connectivity index (χ3n) is 4.72. The molecule has 152 valence electrons. The van der Waals surface area contributed by atoms with E-state index in [4.69, 9.17) is 19.3 Å². The third kappa shape index (κ3) is 3.24. The molecule has 4 aromatic rings. The number of hydrogen-bond acceptors (Lipinski definition) is 6. The van der Waals surface area contributed by atoms with Crippen LogP contribution in [0.15, 0.2) is 57.7 Å². The van der Waals surface area contributed by atoms with Crippen LogP contribution in [0.25, 0.3) is 33.0 Å². The van der Waals surface area contributed by atoms with Crippen LogP contribution in [0.2, 0.25) is 0 Å². The number of carbonyl (C=O) groups is 1. The number of nitrogens with one attached hydrogen (secondary N) is 2. The zero-order chi connectivity index (χ0) is 21.3. The number of pyridine rings is 1. The highest BCUT2D eigenvalue weighted by Gasteiger charge is 2.25. The average Bonchev–Trinajstić information content (AvgIpc) is 2.73. The molecule has 0 radical (unpaired) electrons. The molecule has 0 amide bonds. The van der Waals surface area contributed by atoms with E-state index < -0.39 is 11.5 Å². The Labute approximate surface area is 171 Å². The van der Waals surface area contributed by atoms with Gasteiger partial charge in [0.05, 0.1) is 24.1 Å². The topological polar surface area (TPSA) is 105 Å². The molecular weight excluding hydrogens is 384 g/mol. The van der Waals surface area contributed by atoms with Crippen molar-refractivity contribution < 1.29 is 18.7 Å². The first kappa shape index (κ1) is 19.4. The minimum absolute atomic E-state index is 0.0984. The number of fused-ring (bicyclic) bond motifs is 3. The van der Waals surface area contributed by atoms with Crippen molar-refractivity contribution in [3.8, 4) is 16.9 Å². The molecule has 2 aromatic carbocycles. The Balaban J connectivity index is 2.19. The maximum Gasteiger partial charge on any atom is 0.344 e. The Kier molecular flexibility index (Phi) is 5.10. The van der Waals surface area contributed by atoms with E-state index in [9.17, 15) is 9.59 Å². The van der Waals surface area contributed by atoms with E-state index in [1.165, 1.54) is 0 Å². The van der Waals surface area contributed by atoms with E-state index in [0.717, 1.165) is 0 Å². The number of benzene rings is 2. The van der Waals surface area contributed by atoms with Crippen molar-refractivity contribution in [2.24, 2.45) is 0 Å². The highest BCUT2D eigenvalue weighted by Crippen LogP contribution is 2.33. The normalized spacial score (nSPS) is 11.0. The van der Waals surface area contributed by atoms with Gasteiger partial charge in [0.1, 0.15) is 11.3 Å². The summed E-state index contributed by atoms with van der Waals surface area (Å²) >= 11 is 0. The molecule has 0 aliphatic heterocycles. The predicted molar refractivity (Wildman–Crippen MR) is 113 cm³/mol. The van der Waals surface area contributed by atoms with Gasteiger partial charge in [0, 0.05) is 10.9 Å². The number of H-pyrrole nitrogens is 1. The lowest BCUT2D eigenvalue weighted by Crippen LogP contribution is -2.21. The standard InChI is InChI=1S/C23H20N2O5/c1-3-28-14-9-7-8-13(12-14)17-18-20(30-21(24)19(17)23(27)29-4-2)15-10-5-6-11-16(15)25-22(18)26/h5-12,24H,3-4H2,1-2H3,(H,25,26). The second-order valence-corrected chi connectivity index (χ2v) is 6.57. The van der Waals surface area contributed by atoms with Gasteiger partial charge in [-0.3, -0.25) is 10.2 Å². The highest BCUT2D eigenvalue weighted by molar-refractivity contribution is 6.11. The fraction of sp³-hybridized carbons (Fsp3) is 0.174. The van der Waals surface area contributed by atoms with E-state index >= 15 is 0 Å². The molecule has 0 saturated carbocycles. The van der Waals surface area contributed by atoms with Crippen molar-refractivity contribution >= 4 is 27.8 Å². The summed E-state index contributed by atoms with van der Waals surface area (Å²) in [7, 11) is 0. The Morgan fingerprint density at radius 3 is 2.67 bits per heavy atom. The summed E-state index contributed by atoms with van der Waals surface area (Å²) in [6, 6.07) is 14.2. The second-order valence-electron chi connectivity index (χ2n) is 6.57. The minimum atomic E-state index is -0.725. The Morgan fingerprint density at radius 2 is 1.90 bits per heavy atom. The van der Waals surface area contributed by atoms with Gasteiger partial charge in [-0.05, 0) is 43.7 Å². The number of aromatic amines is 1. The number of rotatable bonds is 5. The maximum absolute atomic E-state index is 13.1. The Hall–Kier alpha value is -3.87. The zero-order valence-electron chi connectivity index (χ0n) is 16.6. The van der Waals surface area contributed by atoms with Crippen LogP contribution in [0.4, 0.5) is 0 Å². The largest absolute Gasteiger partial charge is 0.494 e. The molecule has 0 saturated heterocycles. The Morgan fingerprint density at radius 1 is 1.10 bits per heavy atom. The monoisotopic (exact) mass is 404 g/mol. The molecule has 0 unspecified atom stereocenters. The zero-order valence-corrected chi connectivity index (χ0v) is 16.6. The molecule has 0 aliphatic carbocycles. The van der Waals surface area contributed by atoms with Gasteiger partial charge < -0.3 is 18.9 Å². The molecule has 4 rings (SSSR count). The molecule has 7 nitrogen and oxygen atoms in total.